The SMILES string of the molecule is C/C=C(\C=C/CS(=O)(=O)NCC(C)(CNC)OCC)CNC(=O)c1ccc2nccn2c1. The molecule has 2 aromatic rings. The molecule has 0 aromatic carbocycles. The van der Waals surface area contributed by atoms with Gasteiger partial charge in [-0.1, -0.05) is 18.2 Å². The quantitative estimate of drug-likeness (QED) is 0.388. The molecule has 0 saturated carbocycles. The van der Waals surface area contributed by atoms with Crippen LogP contribution in [0.1, 0.15) is 31.1 Å². The number of fused-ring (bicyclic) bond motifs is 1. The first-order valence-electron chi connectivity index (χ1n) is 10.5. The second kappa shape index (κ2) is 11.9. The molecule has 2 heterocycles. The molecule has 0 aliphatic carbocycles. The van der Waals surface area contributed by atoms with Gasteiger partial charge < -0.3 is 19.8 Å². The monoisotopic (exact) mass is 463 g/mol. The maximum absolute atomic E-state index is 12.4. The highest BCUT2D eigenvalue weighted by Crippen LogP contribution is 2.09. The molecule has 0 aliphatic heterocycles. The van der Waals surface area contributed by atoms with E-state index < -0.39 is 15.6 Å². The van der Waals surface area contributed by atoms with Crippen LogP contribution in [-0.4, -0.2) is 68.4 Å². The van der Waals surface area contributed by atoms with Gasteiger partial charge in [0.2, 0.25) is 10.0 Å². The summed E-state index contributed by atoms with van der Waals surface area (Å²) in [6.45, 7) is 7.04. The highest BCUT2D eigenvalue weighted by Gasteiger charge is 2.25. The van der Waals surface area contributed by atoms with Crippen molar-refractivity contribution in [3.8, 4) is 0 Å². The molecule has 1 atom stereocenters. The second-order valence-corrected chi connectivity index (χ2v) is 9.43. The first-order valence-corrected chi connectivity index (χ1v) is 12.2. The zero-order valence-corrected chi connectivity index (χ0v) is 19.9. The number of sulfonamides is 1. The maximum atomic E-state index is 12.4. The number of ether oxygens (including phenoxy) is 1. The normalized spacial score (nSPS) is 14.7. The van der Waals surface area contributed by atoms with Crippen molar-refractivity contribution < 1.29 is 17.9 Å². The predicted octanol–water partition coefficient (Wildman–Crippen LogP) is 1.50. The Morgan fingerprint density at radius 3 is 2.78 bits per heavy atom. The van der Waals surface area contributed by atoms with Crippen LogP contribution in [0, 0.1) is 0 Å². The minimum absolute atomic E-state index is 0.169. The molecule has 2 rings (SSSR count). The lowest BCUT2D eigenvalue weighted by Gasteiger charge is -2.29. The summed E-state index contributed by atoms with van der Waals surface area (Å²) in [4.78, 5) is 16.6. The summed E-state index contributed by atoms with van der Waals surface area (Å²) in [5.74, 6) is -0.389. The molecule has 0 fully saturated rings. The lowest BCUT2D eigenvalue weighted by atomic mass is 10.1. The molecule has 0 aliphatic rings. The second-order valence-electron chi connectivity index (χ2n) is 7.57. The van der Waals surface area contributed by atoms with E-state index in [9.17, 15) is 13.2 Å². The lowest BCUT2D eigenvalue weighted by Crippen LogP contribution is -2.49. The van der Waals surface area contributed by atoms with Crippen LogP contribution in [0.15, 0.2) is 54.5 Å². The molecule has 2 aromatic heterocycles. The van der Waals surface area contributed by atoms with Gasteiger partial charge in [-0.3, -0.25) is 4.79 Å². The molecule has 3 N–H and O–H groups in total. The van der Waals surface area contributed by atoms with Crippen LogP contribution in [0.5, 0.6) is 0 Å². The van der Waals surface area contributed by atoms with E-state index in [1.807, 2.05) is 26.8 Å². The van der Waals surface area contributed by atoms with Gasteiger partial charge in [0.25, 0.3) is 5.91 Å². The molecular weight excluding hydrogens is 430 g/mol. The maximum Gasteiger partial charge on any atom is 0.253 e. The van der Waals surface area contributed by atoms with E-state index in [1.54, 1.807) is 54.3 Å². The van der Waals surface area contributed by atoms with E-state index in [0.717, 1.165) is 11.2 Å². The van der Waals surface area contributed by atoms with E-state index >= 15 is 0 Å². The Hall–Kier alpha value is -2.53. The van der Waals surface area contributed by atoms with Crippen LogP contribution < -0.4 is 15.4 Å². The average Bonchev–Trinajstić information content (AvgIpc) is 3.23. The summed E-state index contributed by atoms with van der Waals surface area (Å²) in [5.41, 5.74) is 1.45. The summed E-state index contributed by atoms with van der Waals surface area (Å²) in [7, 11) is -1.72. The van der Waals surface area contributed by atoms with Gasteiger partial charge in [-0.2, -0.15) is 0 Å². The highest BCUT2D eigenvalue weighted by molar-refractivity contribution is 7.89. The summed E-state index contributed by atoms with van der Waals surface area (Å²) in [6, 6.07) is 3.49. The Morgan fingerprint density at radius 1 is 1.31 bits per heavy atom. The van der Waals surface area contributed by atoms with E-state index in [1.165, 1.54) is 0 Å². The summed E-state index contributed by atoms with van der Waals surface area (Å²) >= 11 is 0. The van der Waals surface area contributed by atoms with E-state index in [2.05, 4.69) is 20.3 Å². The molecule has 0 bridgehead atoms. The number of pyridine rings is 1. The van der Waals surface area contributed by atoms with Crippen LogP contribution in [-0.2, 0) is 14.8 Å². The van der Waals surface area contributed by atoms with Crippen molar-refractivity contribution in [3.05, 3.63) is 60.1 Å². The number of amides is 1. The number of imidazole rings is 1. The largest absolute Gasteiger partial charge is 0.373 e. The number of carbonyl (C=O) groups excluding carboxylic acids is 1. The van der Waals surface area contributed by atoms with Gasteiger partial charge in [0.05, 0.1) is 16.9 Å². The van der Waals surface area contributed by atoms with Crippen molar-refractivity contribution >= 4 is 21.6 Å². The lowest BCUT2D eigenvalue weighted by molar-refractivity contribution is -0.0177. The Balaban J connectivity index is 1.86. The number of likely N-dealkylation sites (N-methyl/N-ethyl adjacent to an activating group) is 1. The van der Waals surface area contributed by atoms with Gasteiger partial charge in [-0.05, 0) is 45.5 Å². The number of aromatic nitrogens is 2. The van der Waals surface area contributed by atoms with Crippen molar-refractivity contribution in [3.63, 3.8) is 0 Å². The number of rotatable bonds is 13. The van der Waals surface area contributed by atoms with E-state index in [4.69, 9.17) is 4.74 Å². The minimum Gasteiger partial charge on any atom is -0.373 e. The van der Waals surface area contributed by atoms with Crippen molar-refractivity contribution in [2.24, 2.45) is 0 Å². The fraction of sp³-hybridized carbons (Fsp3) is 0.455. The molecule has 32 heavy (non-hydrogen) atoms. The van der Waals surface area contributed by atoms with E-state index in [-0.39, 0.29) is 24.7 Å². The van der Waals surface area contributed by atoms with Crippen LogP contribution in [0.4, 0.5) is 0 Å². The number of nitrogens with zero attached hydrogens (tertiary/aromatic N) is 2. The van der Waals surface area contributed by atoms with Crippen molar-refractivity contribution in [2.45, 2.75) is 26.4 Å². The molecule has 1 unspecified atom stereocenters. The standard InChI is InChI=1S/C22H33N5O4S/c1-5-18(14-25-21(28)19-9-10-20-24-11-12-27(20)15-19)8-7-13-32(29,30)26-17-22(3,16-23-4)31-6-2/h5,7-12,15,23,26H,6,13-14,16-17H2,1-4H3,(H,25,28)/b8-7-,18-5+. The Labute approximate surface area is 190 Å². The first-order chi connectivity index (χ1) is 15.2. The first kappa shape index (κ1) is 25.7. The summed E-state index contributed by atoms with van der Waals surface area (Å²) in [5, 5.41) is 5.86. The zero-order valence-electron chi connectivity index (χ0n) is 19.1. The number of nitrogens with one attached hydrogen (secondary N) is 3. The van der Waals surface area contributed by atoms with Crippen LogP contribution >= 0.6 is 0 Å². The summed E-state index contributed by atoms with van der Waals surface area (Å²) in [6.07, 6.45) is 10.3. The highest BCUT2D eigenvalue weighted by atomic mass is 32.2. The molecule has 0 spiro atoms. The van der Waals surface area contributed by atoms with Crippen LogP contribution in [0.2, 0.25) is 0 Å². The third-order valence-corrected chi connectivity index (χ3v) is 6.05. The molecule has 176 valence electrons. The van der Waals surface area contributed by atoms with Gasteiger partial charge in [-0.15, -0.1) is 0 Å². The molecule has 0 saturated heterocycles. The van der Waals surface area contributed by atoms with Gasteiger partial charge in [0.15, 0.2) is 0 Å². The van der Waals surface area contributed by atoms with E-state index in [0.29, 0.717) is 18.7 Å². The zero-order chi connectivity index (χ0) is 23.6. The summed E-state index contributed by atoms with van der Waals surface area (Å²) < 4.78 is 34.8. The van der Waals surface area contributed by atoms with Crippen molar-refractivity contribution in [1.29, 1.82) is 0 Å². The van der Waals surface area contributed by atoms with Crippen molar-refractivity contribution in [1.82, 2.24) is 24.7 Å². The Morgan fingerprint density at radius 2 is 2.09 bits per heavy atom. The topological polar surface area (TPSA) is 114 Å². The molecule has 9 nitrogen and oxygen atoms in total. The minimum atomic E-state index is -3.51. The van der Waals surface area contributed by atoms with Crippen LogP contribution in [0.3, 0.4) is 0 Å². The van der Waals surface area contributed by atoms with Gasteiger partial charge >= 0.3 is 0 Å². The van der Waals surface area contributed by atoms with Gasteiger partial charge in [-0.25, -0.2) is 18.1 Å². The third-order valence-electron chi connectivity index (χ3n) is 4.83. The van der Waals surface area contributed by atoms with Crippen LogP contribution in [0.25, 0.3) is 5.65 Å². The fourth-order valence-corrected chi connectivity index (χ4v) is 4.12. The number of allylic oxidation sites excluding steroid dienone is 1. The average molecular weight is 464 g/mol. The molecule has 1 amide bonds. The Bertz CT molecular complexity index is 1050. The predicted molar refractivity (Wildman–Crippen MR) is 126 cm³/mol. The molecule has 0 radical (unpaired) electrons. The molecule has 10 heteroatoms. The van der Waals surface area contributed by atoms with Gasteiger partial charge in [0, 0.05) is 44.8 Å². The number of carbonyl (C=O) groups is 1. The van der Waals surface area contributed by atoms with Crippen molar-refractivity contribution in [2.75, 3.05) is 39.0 Å². The fourth-order valence-electron chi connectivity index (χ4n) is 3.13. The van der Waals surface area contributed by atoms with Gasteiger partial charge in [0.1, 0.15) is 5.65 Å². The Kier molecular flexibility index (Phi) is 9.58. The smallest absolute Gasteiger partial charge is 0.253 e. The third kappa shape index (κ3) is 7.86. The number of hydrogen-bond donors (Lipinski definition) is 3. The number of hydrogen-bond acceptors (Lipinski definition) is 6. The molecular formula is C22H33N5O4S.